The molecule has 0 fully saturated rings. The van der Waals surface area contributed by atoms with Crippen LogP contribution in [0, 0.1) is 13.8 Å². The monoisotopic (exact) mass is 622 g/mol. The molecule has 0 aliphatic rings. The second kappa shape index (κ2) is 12.8. The molecule has 0 spiro atoms. The summed E-state index contributed by atoms with van der Waals surface area (Å²) in [6, 6.07) is 72.9. The molecule has 7 rings (SSSR count). The average Bonchev–Trinajstić information content (AvgIpc) is 3.13. The summed E-state index contributed by atoms with van der Waals surface area (Å²) in [6.07, 6.45) is 0. The van der Waals surface area contributed by atoms with Crippen LogP contribution < -0.4 is 41.5 Å². The molecular formula is C44H38Si2. The van der Waals surface area contributed by atoms with Crippen LogP contribution in [0.5, 0.6) is 0 Å². The van der Waals surface area contributed by atoms with Gasteiger partial charge in [0.05, 0.1) is 0 Å². The largest absolute Gasteiger partial charge is 0.179 e. The van der Waals surface area contributed by atoms with Crippen molar-refractivity contribution >= 4 is 57.6 Å². The SMILES string of the molecule is Cc1ccccc1[Si](c1ccccc1)(c1ccccc1)c1ccc([Si](c2ccccc2)(c2ccccc2)c2ccccc2C)cc1. The smallest absolute Gasteiger partial charge is 0.0623 e. The molecule has 0 aromatic heterocycles. The topological polar surface area (TPSA) is 0 Å². The van der Waals surface area contributed by atoms with Crippen LogP contribution >= 0.6 is 0 Å². The summed E-state index contributed by atoms with van der Waals surface area (Å²) in [5.41, 5.74) is 2.67. The standard InChI is InChI=1S/C44H38Si2/c1-35-19-15-17-29-43(35)45(37-21-7-3-8-22-37,38-23-9-4-10-24-38)41-31-33-42(34-32-41)46(39-25-11-5-12-26-39,40-27-13-6-14-28-40)44-30-18-16-20-36(44)2/h3-34H,1-2H3. The Bertz CT molecular complexity index is 1810. The van der Waals surface area contributed by atoms with Gasteiger partial charge in [-0.3, -0.25) is 0 Å². The number of aryl methyl sites for hydroxylation is 2. The molecule has 0 amide bonds. The van der Waals surface area contributed by atoms with E-state index in [1.165, 1.54) is 52.6 Å². The number of rotatable bonds is 8. The first-order chi connectivity index (χ1) is 22.7. The third-order valence-electron chi connectivity index (χ3n) is 9.68. The minimum atomic E-state index is -2.66. The second-order valence-corrected chi connectivity index (χ2v) is 19.7. The van der Waals surface area contributed by atoms with Gasteiger partial charge in [-0.15, -0.1) is 0 Å². The van der Waals surface area contributed by atoms with E-state index in [4.69, 9.17) is 0 Å². The summed E-state index contributed by atoms with van der Waals surface area (Å²) in [5.74, 6) is 0. The van der Waals surface area contributed by atoms with Crippen LogP contribution in [0.1, 0.15) is 11.1 Å². The zero-order valence-electron chi connectivity index (χ0n) is 26.5. The third kappa shape index (κ3) is 4.91. The molecule has 222 valence electrons. The van der Waals surface area contributed by atoms with Gasteiger partial charge >= 0.3 is 0 Å². The summed E-state index contributed by atoms with van der Waals surface area (Å²) in [5, 5.41) is 11.3. The molecule has 0 saturated carbocycles. The third-order valence-corrected chi connectivity index (χ3v) is 19.6. The Kier molecular flexibility index (Phi) is 8.23. The minimum Gasteiger partial charge on any atom is -0.0623 e. The summed E-state index contributed by atoms with van der Waals surface area (Å²) < 4.78 is 0. The molecular weight excluding hydrogens is 585 g/mol. The van der Waals surface area contributed by atoms with Gasteiger partial charge < -0.3 is 0 Å². The van der Waals surface area contributed by atoms with Crippen molar-refractivity contribution in [3.63, 3.8) is 0 Å². The molecule has 0 aliphatic heterocycles. The van der Waals surface area contributed by atoms with Gasteiger partial charge in [-0.1, -0.05) is 205 Å². The molecule has 0 saturated heterocycles. The molecule has 2 heteroatoms. The van der Waals surface area contributed by atoms with Crippen molar-refractivity contribution in [2.24, 2.45) is 0 Å². The Balaban J connectivity index is 1.55. The van der Waals surface area contributed by atoms with Crippen molar-refractivity contribution in [1.82, 2.24) is 0 Å². The molecule has 46 heavy (non-hydrogen) atoms. The summed E-state index contributed by atoms with van der Waals surface area (Å²) >= 11 is 0. The van der Waals surface area contributed by atoms with Crippen LogP contribution in [-0.4, -0.2) is 16.1 Å². The van der Waals surface area contributed by atoms with Crippen LogP contribution in [0.2, 0.25) is 0 Å². The van der Waals surface area contributed by atoms with Gasteiger partial charge in [0.2, 0.25) is 0 Å². The van der Waals surface area contributed by atoms with E-state index >= 15 is 0 Å². The lowest BCUT2D eigenvalue weighted by Gasteiger charge is -2.38. The molecule has 0 radical (unpaired) electrons. The fourth-order valence-corrected chi connectivity index (χ4v) is 17.7. The lowest BCUT2D eigenvalue weighted by atomic mass is 10.2. The van der Waals surface area contributed by atoms with Crippen LogP contribution in [-0.2, 0) is 0 Å². The average molecular weight is 623 g/mol. The van der Waals surface area contributed by atoms with Crippen LogP contribution in [0.4, 0.5) is 0 Å². The van der Waals surface area contributed by atoms with Crippen molar-refractivity contribution in [1.29, 1.82) is 0 Å². The van der Waals surface area contributed by atoms with Gasteiger partial charge in [-0.05, 0) is 55.3 Å². The van der Waals surface area contributed by atoms with Crippen LogP contribution in [0.3, 0.4) is 0 Å². The first-order valence-electron chi connectivity index (χ1n) is 16.1. The zero-order chi connectivity index (χ0) is 31.4. The molecule has 7 aromatic carbocycles. The lowest BCUT2D eigenvalue weighted by Crippen LogP contribution is -2.77. The quantitative estimate of drug-likeness (QED) is 0.164. The number of benzene rings is 7. The van der Waals surface area contributed by atoms with Gasteiger partial charge in [-0.25, -0.2) is 0 Å². The predicted octanol–water partition coefficient (Wildman–Crippen LogP) is 5.06. The van der Waals surface area contributed by atoms with E-state index in [0.717, 1.165) is 0 Å². The summed E-state index contributed by atoms with van der Waals surface area (Å²) in [6.45, 7) is 4.55. The zero-order valence-corrected chi connectivity index (χ0v) is 28.5. The molecule has 0 bridgehead atoms. The minimum absolute atomic E-state index is 1.34. The van der Waals surface area contributed by atoms with Gasteiger partial charge in [0.1, 0.15) is 0 Å². The number of hydrogen-bond acceptors (Lipinski definition) is 0. The molecule has 0 aliphatic carbocycles. The fourth-order valence-electron chi connectivity index (χ4n) is 7.64. The highest BCUT2D eigenvalue weighted by atomic mass is 28.3. The highest BCUT2D eigenvalue weighted by Gasteiger charge is 2.45. The number of hydrogen-bond donors (Lipinski definition) is 0. The van der Waals surface area contributed by atoms with Crippen molar-refractivity contribution in [2.75, 3.05) is 0 Å². The van der Waals surface area contributed by atoms with Gasteiger partial charge in [0, 0.05) is 0 Å². The molecule has 0 heterocycles. The lowest BCUT2D eigenvalue weighted by molar-refractivity contribution is 1.50. The second-order valence-electron chi connectivity index (χ2n) is 12.2. The Hall–Kier alpha value is -5.03. The maximum Gasteiger partial charge on any atom is 0.179 e. The molecule has 0 nitrogen and oxygen atoms in total. The Labute approximate surface area is 275 Å². The van der Waals surface area contributed by atoms with E-state index in [2.05, 4.69) is 208 Å². The van der Waals surface area contributed by atoms with Crippen molar-refractivity contribution in [3.05, 3.63) is 205 Å². The maximum absolute atomic E-state index is 2.66. The molecule has 0 unspecified atom stereocenters. The van der Waals surface area contributed by atoms with Gasteiger partial charge in [-0.2, -0.15) is 0 Å². The highest BCUT2D eigenvalue weighted by Crippen LogP contribution is 2.15. The van der Waals surface area contributed by atoms with Crippen LogP contribution in [0.25, 0.3) is 0 Å². The van der Waals surface area contributed by atoms with Gasteiger partial charge in [0.25, 0.3) is 0 Å². The Morgan fingerprint density at radius 2 is 0.457 bits per heavy atom. The Morgan fingerprint density at radius 1 is 0.239 bits per heavy atom. The fraction of sp³-hybridized carbons (Fsp3) is 0.0455. The normalized spacial score (nSPS) is 11.7. The maximum atomic E-state index is 2.47. The van der Waals surface area contributed by atoms with E-state index in [1.54, 1.807) is 0 Å². The predicted molar refractivity (Wildman–Crippen MR) is 203 cm³/mol. The van der Waals surface area contributed by atoms with Crippen molar-refractivity contribution in [3.8, 4) is 0 Å². The molecule has 0 atom stereocenters. The van der Waals surface area contributed by atoms with E-state index in [0.29, 0.717) is 0 Å². The van der Waals surface area contributed by atoms with E-state index in [9.17, 15) is 0 Å². The van der Waals surface area contributed by atoms with Crippen LogP contribution in [0.15, 0.2) is 194 Å². The first kappa shape index (κ1) is 29.7. The summed E-state index contributed by atoms with van der Waals surface area (Å²) in [4.78, 5) is 0. The Morgan fingerprint density at radius 3 is 0.717 bits per heavy atom. The van der Waals surface area contributed by atoms with Crippen molar-refractivity contribution in [2.45, 2.75) is 13.8 Å². The van der Waals surface area contributed by atoms with E-state index in [1.807, 2.05) is 0 Å². The molecule has 0 N–H and O–H groups in total. The van der Waals surface area contributed by atoms with E-state index in [-0.39, 0.29) is 0 Å². The molecule has 7 aromatic rings. The summed E-state index contributed by atoms with van der Waals surface area (Å²) in [7, 11) is -5.32. The highest BCUT2D eigenvalue weighted by molar-refractivity contribution is 7.21. The van der Waals surface area contributed by atoms with E-state index < -0.39 is 16.1 Å². The first-order valence-corrected chi connectivity index (χ1v) is 20.1. The van der Waals surface area contributed by atoms with Crippen molar-refractivity contribution < 1.29 is 0 Å². The van der Waals surface area contributed by atoms with Gasteiger partial charge in [0.15, 0.2) is 16.1 Å².